The molecular formula is C14H13ClN4O3. The van der Waals surface area contributed by atoms with Gasteiger partial charge in [0.05, 0.1) is 6.54 Å². The number of halogens is 1. The topological polar surface area (TPSA) is 95.2 Å². The van der Waals surface area contributed by atoms with Crippen LogP contribution in [0.15, 0.2) is 41.2 Å². The van der Waals surface area contributed by atoms with Crippen molar-refractivity contribution >= 4 is 29.1 Å². The first-order valence-electron chi connectivity index (χ1n) is 6.32. The molecule has 1 aromatic heterocycles. The zero-order valence-corrected chi connectivity index (χ0v) is 12.4. The molecule has 0 aliphatic carbocycles. The lowest BCUT2D eigenvalue weighted by molar-refractivity contribution is -0.116. The minimum Gasteiger partial charge on any atom is -0.331 e. The van der Waals surface area contributed by atoms with Crippen LogP contribution in [0.4, 0.5) is 5.69 Å². The second-order valence-corrected chi connectivity index (χ2v) is 4.96. The zero-order chi connectivity index (χ0) is 16.1. The fourth-order valence-electron chi connectivity index (χ4n) is 1.68. The van der Waals surface area contributed by atoms with E-state index in [1.807, 2.05) is 0 Å². The largest absolute Gasteiger partial charge is 0.331 e. The molecule has 0 aliphatic rings. The molecule has 0 atom stereocenters. The molecule has 0 saturated heterocycles. The van der Waals surface area contributed by atoms with Crippen molar-refractivity contribution in [1.29, 1.82) is 0 Å². The zero-order valence-electron chi connectivity index (χ0n) is 11.7. The summed E-state index contributed by atoms with van der Waals surface area (Å²) in [6.45, 7) is -0.151. The Morgan fingerprint density at radius 1 is 1.23 bits per heavy atom. The van der Waals surface area contributed by atoms with Crippen LogP contribution in [0.2, 0.25) is 5.02 Å². The Kier molecular flexibility index (Phi) is 4.90. The molecule has 2 aromatic rings. The molecule has 114 valence electrons. The second-order valence-electron chi connectivity index (χ2n) is 4.52. The van der Waals surface area contributed by atoms with Gasteiger partial charge in [-0.3, -0.25) is 14.4 Å². The van der Waals surface area contributed by atoms with Gasteiger partial charge in [-0.1, -0.05) is 11.6 Å². The highest BCUT2D eigenvalue weighted by Crippen LogP contribution is 2.13. The number of nitrogens with zero attached hydrogens (tertiary/aromatic N) is 2. The number of likely N-dealkylation sites (N-methyl/N-ethyl adjacent to an activating group) is 1. The number of hydrogen-bond acceptors (Lipinski definition) is 4. The van der Waals surface area contributed by atoms with Crippen molar-refractivity contribution in [2.45, 2.75) is 0 Å². The maximum atomic E-state index is 12.0. The maximum absolute atomic E-state index is 12.0. The fraction of sp³-hybridized carbons (Fsp3) is 0.143. The van der Waals surface area contributed by atoms with Gasteiger partial charge in [-0.25, -0.2) is 5.10 Å². The van der Waals surface area contributed by atoms with E-state index in [9.17, 15) is 14.4 Å². The molecule has 0 bridgehead atoms. The van der Waals surface area contributed by atoms with Crippen LogP contribution >= 0.6 is 11.6 Å². The summed E-state index contributed by atoms with van der Waals surface area (Å²) < 4.78 is 0. The van der Waals surface area contributed by atoms with Crippen molar-refractivity contribution in [3.63, 3.8) is 0 Å². The van der Waals surface area contributed by atoms with Gasteiger partial charge in [0.15, 0.2) is 0 Å². The molecule has 2 rings (SSSR count). The molecule has 7 nitrogen and oxygen atoms in total. The highest BCUT2D eigenvalue weighted by atomic mass is 35.5. The molecular weight excluding hydrogens is 308 g/mol. The molecule has 2 amide bonds. The van der Waals surface area contributed by atoms with Crippen LogP contribution in [0, 0.1) is 0 Å². The third kappa shape index (κ3) is 4.16. The van der Waals surface area contributed by atoms with E-state index in [2.05, 4.69) is 15.5 Å². The number of hydrogen-bond donors (Lipinski definition) is 2. The van der Waals surface area contributed by atoms with Crippen LogP contribution in [-0.2, 0) is 4.79 Å². The summed E-state index contributed by atoms with van der Waals surface area (Å²) in [7, 11) is 1.47. The predicted octanol–water partition coefficient (Wildman–Crippen LogP) is 1.13. The summed E-state index contributed by atoms with van der Waals surface area (Å²) in [6, 6.07) is 9.11. The third-order valence-electron chi connectivity index (χ3n) is 2.75. The minimum atomic E-state index is -0.470. The summed E-state index contributed by atoms with van der Waals surface area (Å²) >= 11 is 5.76. The van der Waals surface area contributed by atoms with E-state index in [-0.39, 0.29) is 18.1 Å². The van der Waals surface area contributed by atoms with Gasteiger partial charge in [-0.2, -0.15) is 5.10 Å². The Hall–Kier alpha value is -2.67. The van der Waals surface area contributed by atoms with Gasteiger partial charge in [0.25, 0.3) is 11.5 Å². The minimum absolute atomic E-state index is 0.0568. The number of anilines is 1. The second kappa shape index (κ2) is 6.86. The third-order valence-corrected chi connectivity index (χ3v) is 3.01. The monoisotopic (exact) mass is 320 g/mol. The van der Waals surface area contributed by atoms with E-state index in [0.29, 0.717) is 10.7 Å². The average Bonchev–Trinajstić information content (AvgIpc) is 2.49. The van der Waals surface area contributed by atoms with Crippen LogP contribution in [0.3, 0.4) is 0 Å². The van der Waals surface area contributed by atoms with Crippen molar-refractivity contribution in [2.24, 2.45) is 0 Å². The van der Waals surface area contributed by atoms with E-state index in [0.717, 1.165) is 0 Å². The van der Waals surface area contributed by atoms with Crippen molar-refractivity contribution < 1.29 is 9.59 Å². The normalized spacial score (nSPS) is 10.1. The molecule has 0 aliphatic heterocycles. The number of aromatic amines is 1. The van der Waals surface area contributed by atoms with Crippen molar-refractivity contribution in [2.75, 3.05) is 18.9 Å². The number of benzene rings is 1. The number of amides is 2. The van der Waals surface area contributed by atoms with Crippen LogP contribution in [0.25, 0.3) is 0 Å². The standard InChI is InChI=1S/C14H13ClN4O3/c1-19(14(22)11-6-7-12(20)18-17-11)8-13(21)16-10-4-2-9(15)3-5-10/h2-7H,8H2,1H3,(H,16,21)(H,18,20). The Morgan fingerprint density at radius 3 is 2.50 bits per heavy atom. The van der Waals surface area contributed by atoms with Gasteiger partial charge in [0.1, 0.15) is 5.69 Å². The van der Waals surface area contributed by atoms with Gasteiger partial charge in [-0.15, -0.1) is 0 Å². The van der Waals surface area contributed by atoms with E-state index in [4.69, 9.17) is 11.6 Å². The molecule has 0 radical (unpaired) electrons. The molecule has 2 N–H and O–H groups in total. The highest BCUT2D eigenvalue weighted by molar-refractivity contribution is 6.30. The molecule has 8 heteroatoms. The summed E-state index contributed by atoms with van der Waals surface area (Å²) in [5.74, 6) is -0.829. The van der Waals surface area contributed by atoms with Gasteiger partial charge in [-0.05, 0) is 30.3 Å². The first kappa shape index (κ1) is 15.7. The summed E-state index contributed by atoms with van der Waals surface area (Å²) in [5, 5.41) is 9.00. The Balaban J connectivity index is 1.95. The average molecular weight is 321 g/mol. The lowest BCUT2D eigenvalue weighted by Crippen LogP contribution is -2.35. The molecule has 22 heavy (non-hydrogen) atoms. The lowest BCUT2D eigenvalue weighted by Gasteiger charge is -2.16. The highest BCUT2D eigenvalue weighted by Gasteiger charge is 2.16. The summed E-state index contributed by atoms with van der Waals surface area (Å²) in [4.78, 5) is 36.0. The van der Waals surface area contributed by atoms with Crippen LogP contribution in [-0.4, -0.2) is 40.5 Å². The van der Waals surface area contributed by atoms with E-state index in [1.54, 1.807) is 24.3 Å². The lowest BCUT2D eigenvalue weighted by atomic mass is 10.3. The molecule has 0 fully saturated rings. The first-order chi connectivity index (χ1) is 10.5. The van der Waals surface area contributed by atoms with Gasteiger partial charge < -0.3 is 10.2 Å². The van der Waals surface area contributed by atoms with Crippen molar-refractivity contribution in [3.05, 3.63) is 57.5 Å². The quantitative estimate of drug-likeness (QED) is 0.883. The van der Waals surface area contributed by atoms with Crippen molar-refractivity contribution in [3.8, 4) is 0 Å². The van der Waals surface area contributed by atoms with E-state index >= 15 is 0 Å². The number of carbonyl (C=O) groups is 2. The molecule has 0 spiro atoms. The number of carbonyl (C=O) groups excluding carboxylic acids is 2. The number of nitrogens with one attached hydrogen (secondary N) is 2. The number of aromatic nitrogens is 2. The van der Waals surface area contributed by atoms with Crippen molar-refractivity contribution in [1.82, 2.24) is 15.1 Å². The van der Waals surface area contributed by atoms with E-state index < -0.39 is 11.5 Å². The number of rotatable bonds is 4. The van der Waals surface area contributed by atoms with Gasteiger partial charge in [0, 0.05) is 23.8 Å². The van der Waals surface area contributed by atoms with Gasteiger partial charge in [0.2, 0.25) is 5.91 Å². The van der Waals surface area contributed by atoms with Crippen LogP contribution in [0.1, 0.15) is 10.5 Å². The Labute approximate surface area is 130 Å². The summed E-state index contributed by atoms with van der Waals surface area (Å²) in [5.41, 5.74) is 0.235. The molecule has 0 saturated carbocycles. The molecule has 1 aromatic carbocycles. The Morgan fingerprint density at radius 2 is 1.91 bits per heavy atom. The van der Waals surface area contributed by atoms with E-state index in [1.165, 1.54) is 24.1 Å². The molecule has 0 unspecified atom stereocenters. The maximum Gasteiger partial charge on any atom is 0.274 e. The fourth-order valence-corrected chi connectivity index (χ4v) is 1.81. The van der Waals surface area contributed by atoms with Crippen LogP contribution in [0.5, 0.6) is 0 Å². The Bertz CT molecular complexity index is 722. The van der Waals surface area contributed by atoms with Gasteiger partial charge >= 0.3 is 0 Å². The molecule has 1 heterocycles. The number of H-pyrrole nitrogens is 1. The first-order valence-corrected chi connectivity index (χ1v) is 6.70. The SMILES string of the molecule is CN(CC(=O)Nc1ccc(Cl)cc1)C(=O)c1ccc(=O)[nH]n1. The summed E-state index contributed by atoms with van der Waals surface area (Å²) in [6.07, 6.45) is 0. The van der Waals surface area contributed by atoms with Crippen LogP contribution < -0.4 is 10.9 Å². The smallest absolute Gasteiger partial charge is 0.274 e. The predicted molar refractivity (Wildman–Crippen MR) is 81.9 cm³/mol.